The highest BCUT2D eigenvalue weighted by Gasteiger charge is 2.63. The maximum Gasteiger partial charge on any atom is 0.307 e. The van der Waals surface area contributed by atoms with Gasteiger partial charge >= 0.3 is 5.97 Å². The lowest BCUT2D eigenvalue weighted by molar-refractivity contribution is -0.139. The van der Waals surface area contributed by atoms with Crippen molar-refractivity contribution in [3.63, 3.8) is 0 Å². The van der Waals surface area contributed by atoms with Crippen molar-refractivity contribution in [2.45, 2.75) is 19.8 Å². The van der Waals surface area contributed by atoms with Crippen LogP contribution in [-0.4, -0.2) is 11.1 Å². The van der Waals surface area contributed by atoms with Gasteiger partial charge in [-0.05, 0) is 23.1 Å². The van der Waals surface area contributed by atoms with E-state index in [1.54, 1.807) is 12.1 Å². The highest BCUT2D eigenvalue weighted by Crippen LogP contribution is 2.64. The van der Waals surface area contributed by atoms with Gasteiger partial charge in [-0.15, -0.1) is 0 Å². The number of rotatable bonds is 2. The van der Waals surface area contributed by atoms with E-state index in [0.717, 1.165) is 0 Å². The average Bonchev–Trinajstić information content (AvgIpc) is 2.69. The molecule has 2 atom stereocenters. The Morgan fingerprint density at radius 1 is 1.50 bits per heavy atom. The minimum atomic E-state index is -0.871. The van der Waals surface area contributed by atoms with Gasteiger partial charge in [0.05, 0.1) is 5.92 Å². The van der Waals surface area contributed by atoms with Crippen molar-refractivity contribution in [1.82, 2.24) is 0 Å². The van der Waals surface area contributed by atoms with Gasteiger partial charge in [0.25, 0.3) is 0 Å². The zero-order valence-corrected chi connectivity index (χ0v) is 9.75. The SMILES string of the molecule is CC1(C)[C@H](C(=O)O)[C@H]1c1ccc(Cl)cc1F. The van der Waals surface area contributed by atoms with Crippen molar-refractivity contribution in [2.75, 3.05) is 0 Å². The summed E-state index contributed by atoms with van der Waals surface area (Å²) in [7, 11) is 0. The quantitative estimate of drug-likeness (QED) is 0.864. The van der Waals surface area contributed by atoms with Gasteiger partial charge in [0.15, 0.2) is 0 Å². The predicted molar refractivity (Wildman–Crippen MR) is 59.1 cm³/mol. The van der Waals surface area contributed by atoms with Crippen LogP contribution in [0.5, 0.6) is 0 Å². The highest BCUT2D eigenvalue weighted by atomic mass is 35.5. The molecule has 4 heteroatoms. The minimum absolute atomic E-state index is 0.262. The van der Waals surface area contributed by atoms with E-state index in [9.17, 15) is 9.18 Å². The molecule has 0 heterocycles. The van der Waals surface area contributed by atoms with Crippen LogP contribution in [-0.2, 0) is 4.79 Å². The summed E-state index contributed by atoms with van der Waals surface area (Å²) in [6.07, 6.45) is 0. The number of carbonyl (C=O) groups is 1. The second-order valence-corrected chi connectivity index (χ2v) is 5.22. The highest BCUT2D eigenvalue weighted by molar-refractivity contribution is 6.30. The number of halogens is 2. The lowest BCUT2D eigenvalue weighted by Gasteiger charge is -2.04. The first-order valence-electron chi connectivity index (χ1n) is 5.03. The van der Waals surface area contributed by atoms with E-state index in [0.29, 0.717) is 10.6 Å². The Morgan fingerprint density at radius 3 is 2.56 bits per heavy atom. The summed E-state index contributed by atoms with van der Waals surface area (Å²) in [5, 5.41) is 9.34. The van der Waals surface area contributed by atoms with Crippen molar-refractivity contribution in [1.29, 1.82) is 0 Å². The van der Waals surface area contributed by atoms with Crippen LogP contribution in [0.1, 0.15) is 25.3 Å². The van der Waals surface area contributed by atoms with Crippen LogP contribution >= 0.6 is 11.6 Å². The molecule has 2 nitrogen and oxygen atoms in total. The summed E-state index contributed by atoms with van der Waals surface area (Å²) >= 11 is 5.66. The molecule has 86 valence electrons. The fourth-order valence-electron chi connectivity index (χ4n) is 2.43. The molecule has 1 saturated carbocycles. The van der Waals surface area contributed by atoms with Crippen LogP contribution in [0.4, 0.5) is 4.39 Å². The summed E-state index contributed by atoms with van der Waals surface area (Å²) in [6, 6.07) is 4.39. The Kier molecular flexibility index (Phi) is 2.46. The molecule has 1 aliphatic carbocycles. The van der Waals surface area contributed by atoms with Gasteiger partial charge in [0, 0.05) is 10.9 Å². The second kappa shape index (κ2) is 3.45. The van der Waals surface area contributed by atoms with Crippen LogP contribution in [0.2, 0.25) is 5.02 Å². The Hall–Kier alpha value is -1.09. The smallest absolute Gasteiger partial charge is 0.307 e. The van der Waals surface area contributed by atoms with Crippen molar-refractivity contribution in [2.24, 2.45) is 11.3 Å². The Morgan fingerprint density at radius 2 is 2.12 bits per heavy atom. The van der Waals surface area contributed by atoms with E-state index in [4.69, 9.17) is 16.7 Å². The Bertz CT molecular complexity index is 456. The van der Waals surface area contributed by atoms with Gasteiger partial charge in [-0.1, -0.05) is 31.5 Å². The van der Waals surface area contributed by atoms with Gasteiger partial charge in [-0.25, -0.2) is 4.39 Å². The van der Waals surface area contributed by atoms with Crippen molar-refractivity contribution in [3.8, 4) is 0 Å². The van der Waals surface area contributed by atoms with Gasteiger partial charge < -0.3 is 5.11 Å². The number of benzene rings is 1. The number of hydrogen-bond acceptors (Lipinski definition) is 1. The molecule has 0 amide bonds. The molecule has 1 fully saturated rings. The van der Waals surface area contributed by atoms with E-state index in [1.165, 1.54) is 6.07 Å². The molecular formula is C12H12ClFO2. The van der Waals surface area contributed by atoms with E-state index in [1.807, 2.05) is 13.8 Å². The third-order valence-electron chi connectivity index (χ3n) is 3.39. The first kappa shape index (κ1) is 11.4. The molecule has 0 bridgehead atoms. The molecule has 0 spiro atoms. The summed E-state index contributed by atoms with van der Waals surface area (Å²) in [5.41, 5.74) is 0.0577. The normalized spacial score (nSPS) is 26.5. The van der Waals surface area contributed by atoms with E-state index in [2.05, 4.69) is 0 Å². The van der Waals surface area contributed by atoms with Crippen LogP contribution in [0.3, 0.4) is 0 Å². The summed E-state index contributed by atoms with van der Waals surface area (Å²) in [4.78, 5) is 11.0. The van der Waals surface area contributed by atoms with E-state index < -0.39 is 17.7 Å². The summed E-state index contributed by atoms with van der Waals surface area (Å²) < 4.78 is 13.6. The van der Waals surface area contributed by atoms with Crippen molar-refractivity contribution >= 4 is 17.6 Å². The molecule has 2 rings (SSSR count). The molecule has 0 aromatic heterocycles. The van der Waals surface area contributed by atoms with Crippen LogP contribution in [0.15, 0.2) is 18.2 Å². The minimum Gasteiger partial charge on any atom is -0.481 e. The number of aliphatic carboxylic acids is 1. The fourth-order valence-corrected chi connectivity index (χ4v) is 2.59. The monoisotopic (exact) mass is 242 g/mol. The molecule has 0 radical (unpaired) electrons. The lowest BCUT2D eigenvalue weighted by Crippen LogP contribution is -2.03. The van der Waals surface area contributed by atoms with Gasteiger partial charge in [0.2, 0.25) is 0 Å². The largest absolute Gasteiger partial charge is 0.481 e. The van der Waals surface area contributed by atoms with Gasteiger partial charge in [0.1, 0.15) is 5.82 Å². The predicted octanol–water partition coefficient (Wildman–Crippen LogP) is 3.30. The maximum atomic E-state index is 13.6. The molecule has 0 saturated heterocycles. The molecule has 16 heavy (non-hydrogen) atoms. The van der Waals surface area contributed by atoms with Crippen molar-refractivity contribution < 1.29 is 14.3 Å². The van der Waals surface area contributed by atoms with Gasteiger partial charge in [-0.2, -0.15) is 0 Å². The fraction of sp³-hybridized carbons (Fsp3) is 0.417. The molecule has 0 aliphatic heterocycles. The second-order valence-electron chi connectivity index (χ2n) is 4.78. The van der Waals surface area contributed by atoms with Crippen LogP contribution in [0, 0.1) is 17.2 Å². The first-order valence-corrected chi connectivity index (χ1v) is 5.41. The lowest BCUT2D eigenvalue weighted by atomic mass is 10.0. The van der Waals surface area contributed by atoms with E-state index >= 15 is 0 Å². The van der Waals surface area contributed by atoms with E-state index in [-0.39, 0.29) is 11.3 Å². The average molecular weight is 243 g/mol. The number of hydrogen-bond donors (Lipinski definition) is 1. The Balaban J connectivity index is 2.37. The Labute approximate surface area is 98.0 Å². The molecule has 0 unspecified atom stereocenters. The first-order chi connectivity index (χ1) is 7.35. The van der Waals surface area contributed by atoms with Crippen LogP contribution in [0.25, 0.3) is 0 Å². The molecular weight excluding hydrogens is 231 g/mol. The summed E-state index contributed by atoms with van der Waals surface area (Å²) in [5.74, 6) is -2.07. The zero-order valence-electron chi connectivity index (χ0n) is 9.00. The topological polar surface area (TPSA) is 37.3 Å². The maximum absolute atomic E-state index is 13.6. The number of carboxylic acid groups (broad SMARTS) is 1. The standard InChI is InChI=1S/C12H12ClFO2/c1-12(2)9(10(12)11(15)16)7-4-3-6(13)5-8(7)14/h3-5,9-10H,1-2H3,(H,15,16)/t9-,10+/m1/s1. The zero-order chi connectivity index (χ0) is 12.1. The third-order valence-corrected chi connectivity index (χ3v) is 3.63. The summed E-state index contributed by atoms with van der Waals surface area (Å²) in [6.45, 7) is 3.68. The molecule has 1 aromatic carbocycles. The van der Waals surface area contributed by atoms with Crippen LogP contribution < -0.4 is 0 Å². The molecule has 1 aromatic rings. The number of carboxylic acids is 1. The molecule has 1 N–H and O–H groups in total. The third kappa shape index (κ3) is 1.59. The van der Waals surface area contributed by atoms with Gasteiger partial charge in [-0.3, -0.25) is 4.79 Å². The molecule has 1 aliphatic rings. The van der Waals surface area contributed by atoms with Crippen molar-refractivity contribution in [3.05, 3.63) is 34.6 Å².